The van der Waals surface area contributed by atoms with Crippen LogP contribution in [0.2, 0.25) is 0 Å². The zero-order chi connectivity index (χ0) is 20.8. The molecule has 29 heavy (non-hydrogen) atoms. The van der Waals surface area contributed by atoms with Crippen molar-refractivity contribution in [2.45, 2.75) is 38.1 Å². The summed E-state index contributed by atoms with van der Waals surface area (Å²) in [4.78, 5) is 21.5. The van der Waals surface area contributed by atoms with Gasteiger partial charge in [-0.1, -0.05) is 19.3 Å². The molecule has 1 aliphatic carbocycles. The van der Waals surface area contributed by atoms with Gasteiger partial charge in [0.25, 0.3) is 5.91 Å². The van der Waals surface area contributed by atoms with Crippen LogP contribution < -0.4 is 9.47 Å². The second-order valence-electron chi connectivity index (χ2n) is 7.61. The molecule has 1 aromatic carbocycles. The Morgan fingerprint density at radius 2 is 1.83 bits per heavy atom. The lowest BCUT2D eigenvalue weighted by Crippen LogP contribution is -2.40. The summed E-state index contributed by atoms with van der Waals surface area (Å²) < 4.78 is 10.7. The van der Waals surface area contributed by atoms with E-state index in [1.54, 1.807) is 19.1 Å². The van der Waals surface area contributed by atoms with Crippen LogP contribution in [0.15, 0.2) is 23.6 Å². The van der Waals surface area contributed by atoms with Gasteiger partial charge in [0.2, 0.25) is 0 Å². The smallest absolute Gasteiger partial charge is 0.273 e. The van der Waals surface area contributed by atoms with E-state index in [4.69, 9.17) is 9.47 Å². The van der Waals surface area contributed by atoms with E-state index in [0.717, 1.165) is 17.1 Å². The first kappa shape index (κ1) is 21.6. The van der Waals surface area contributed by atoms with E-state index in [1.165, 1.54) is 43.4 Å². The van der Waals surface area contributed by atoms with Crippen molar-refractivity contribution in [3.63, 3.8) is 0 Å². The molecule has 0 bridgehead atoms. The Hall–Kier alpha value is -2.12. The molecule has 0 radical (unpaired) electrons. The van der Waals surface area contributed by atoms with Crippen molar-refractivity contribution in [2.24, 2.45) is 0 Å². The van der Waals surface area contributed by atoms with Crippen molar-refractivity contribution in [3.8, 4) is 22.1 Å². The molecule has 2 aromatic rings. The molecule has 0 N–H and O–H groups in total. The van der Waals surface area contributed by atoms with Gasteiger partial charge in [-0.05, 0) is 38.1 Å². The molecule has 6 nitrogen and oxygen atoms in total. The average molecular weight is 418 g/mol. The van der Waals surface area contributed by atoms with Gasteiger partial charge >= 0.3 is 0 Å². The highest BCUT2D eigenvalue weighted by molar-refractivity contribution is 7.13. The number of rotatable bonds is 8. The van der Waals surface area contributed by atoms with Crippen LogP contribution in [0.4, 0.5) is 0 Å². The number of carbonyl (C=O) groups excluding carboxylic acids is 1. The number of ether oxygens (including phenoxy) is 2. The van der Waals surface area contributed by atoms with E-state index < -0.39 is 0 Å². The average Bonchev–Trinajstić information content (AvgIpc) is 3.27. The molecule has 1 fully saturated rings. The number of aromatic nitrogens is 1. The predicted octanol–water partition coefficient (Wildman–Crippen LogP) is 4.16. The number of hydrogen-bond acceptors (Lipinski definition) is 6. The lowest BCUT2D eigenvalue weighted by molar-refractivity contribution is 0.0762. The first-order chi connectivity index (χ1) is 14.0. The minimum atomic E-state index is -0.0370. The number of benzene rings is 1. The molecule has 1 heterocycles. The largest absolute Gasteiger partial charge is 0.493 e. The molecule has 0 aliphatic heterocycles. The van der Waals surface area contributed by atoms with Gasteiger partial charge in [0.15, 0.2) is 11.5 Å². The third-order valence-electron chi connectivity index (χ3n) is 5.69. The van der Waals surface area contributed by atoms with Crippen LogP contribution in [0.3, 0.4) is 0 Å². The monoisotopic (exact) mass is 417 g/mol. The summed E-state index contributed by atoms with van der Waals surface area (Å²) in [6.45, 7) is 1.59. The van der Waals surface area contributed by atoms with E-state index in [-0.39, 0.29) is 5.91 Å². The molecular weight excluding hydrogens is 386 g/mol. The second kappa shape index (κ2) is 10.1. The number of thiazole rings is 1. The summed E-state index contributed by atoms with van der Waals surface area (Å²) in [6, 6.07) is 6.32. The summed E-state index contributed by atoms with van der Waals surface area (Å²) in [5.74, 6) is 1.28. The van der Waals surface area contributed by atoms with E-state index >= 15 is 0 Å². The van der Waals surface area contributed by atoms with Crippen LogP contribution in [0.25, 0.3) is 10.6 Å². The first-order valence-electron chi connectivity index (χ1n) is 10.2. The van der Waals surface area contributed by atoms with Gasteiger partial charge in [0.1, 0.15) is 10.7 Å². The maximum atomic E-state index is 12.8. The van der Waals surface area contributed by atoms with Crippen molar-refractivity contribution >= 4 is 17.2 Å². The third-order valence-corrected chi connectivity index (χ3v) is 6.58. The fourth-order valence-corrected chi connectivity index (χ4v) is 4.57. The summed E-state index contributed by atoms with van der Waals surface area (Å²) in [5, 5.41) is 2.62. The molecule has 0 unspecified atom stereocenters. The normalized spacial score (nSPS) is 14.8. The number of amides is 1. The molecule has 1 saturated carbocycles. The second-order valence-corrected chi connectivity index (χ2v) is 8.46. The Kier molecular flexibility index (Phi) is 7.50. The lowest BCUT2D eigenvalue weighted by atomic mass is 9.94. The zero-order valence-electron chi connectivity index (χ0n) is 17.8. The molecule has 0 atom stereocenters. The fraction of sp³-hybridized carbons (Fsp3) is 0.545. The molecule has 0 saturated heterocycles. The number of methoxy groups -OCH3 is 2. The maximum Gasteiger partial charge on any atom is 0.273 e. The predicted molar refractivity (Wildman–Crippen MR) is 117 cm³/mol. The van der Waals surface area contributed by atoms with Crippen LogP contribution in [0, 0.1) is 0 Å². The number of nitrogens with zero attached hydrogens (tertiary/aromatic N) is 3. The van der Waals surface area contributed by atoms with Gasteiger partial charge in [-0.25, -0.2) is 4.98 Å². The van der Waals surface area contributed by atoms with Crippen LogP contribution in [-0.4, -0.2) is 68.1 Å². The van der Waals surface area contributed by atoms with Crippen molar-refractivity contribution < 1.29 is 14.3 Å². The zero-order valence-corrected chi connectivity index (χ0v) is 18.6. The van der Waals surface area contributed by atoms with Gasteiger partial charge in [-0.15, -0.1) is 11.3 Å². The minimum Gasteiger partial charge on any atom is -0.493 e. The standard InChI is InChI=1S/C22H31N3O3S/c1-24(17-8-6-5-7-9-17)12-13-25(2)22(26)18-15-29-21(23-18)16-10-11-19(27-3)20(14-16)28-4/h10-11,14-15,17H,5-9,12-13H2,1-4H3. The summed E-state index contributed by atoms with van der Waals surface area (Å²) in [6.07, 6.45) is 6.54. The number of carbonyl (C=O) groups is 1. The molecule has 158 valence electrons. The van der Waals surface area contributed by atoms with Crippen molar-refractivity contribution in [1.29, 1.82) is 0 Å². The molecular formula is C22H31N3O3S. The highest BCUT2D eigenvalue weighted by atomic mass is 32.1. The topological polar surface area (TPSA) is 54.9 Å². The van der Waals surface area contributed by atoms with Crippen LogP contribution >= 0.6 is 11.3 Å². The molecule has 0 spiro atoms. The number of likely N-dealkylation sites (N-methyl/N-ethyl adjacent to an activating group) is 2. The molecule has 1 amide bonds. The van der Waals surface area contributed by atoms with Gasteiger partial charge in [-0.3, -0.25) is 4.79 Å². The van der Waals surface area contributed by atoms with Crippen LogP contribution in [0.5, 0.6) is 11.5 Å². The van der Waals surface area contributed by atoms with Crippen molar-refractivity contribution in [1.82, 2.24) is 14.8 Å². The third kappa shape index (κ3) is 5.28. The van der Waals surface area contributed by atoms with E-state index in [1.807, 2.05) is 30.6 Å². The molecule has 1 aliphatic rings. The van der Waals surface area contributed by atoms with Crippen LogP contribution in [0.1, 0.15) is 42.6 Å². The van der Waals surface area contributed by atoms with Crippen molar-refractivity contribution in [2.75, 3.05) is 41.4 Å². The highest BCUT2D eigenvalue weighted by Crippen LogP contribution is 2.33. The molecule has 7 heteroatoms. The minimum absolute atomic E-state index is 0.0370. The van der Waals surface area contributed by atoms with Gasteiger partial charge in [0, 0.05) is 37.1 Å². The quantitative estimate of drug-likeness (QED) is 0.645. The first-order valence-corrected chi connectivity index (χ1v) is 11.0. The SMILES string of the molecule is COc1ccc(-c2nc(C(=O)N(C)CCN(C)C3CCCCC3)cs2)cc1OC. The van der Waals surface area contributed by atoms with Crippen LogP contribution in [-0.2, 0) is 0 Å². The van der Waals surface area contributed by atoms with E-state index in [0.29, 0.717) is 29.8 Å². The Morgan fingerprint density at radius 3 is 2.52 bits per heavy atom. The summed E-state index contributed by atoms with van der Waals surface area (Å²) in [5.41, 5.74) is 1.40. The molecule has 1 aromatic heterocycles. The van der Waals surface area contributed by atoms with Gasteiger partial charge < -0.3 is 19.3 Å². The highest BCUT2D eigenvalue weighted by Gasteiger charge is 2.20. The Labute approximate surface area is 177 Å². The lowest BCUT2D eigenvalue weighted by Gasteiger charge is -2.32. The van der Waals surface area contributed by atoms with E-state index in [9.17, 15) is 4.79 Å². The summed E-state index contributed by atoms with van der Waals surface area (Å²) >= 11 is 1.46. The Balaban J connectivity index is 1.61. The molecule has 3 rings (SSSR count). The fourth-order valence-electron chi connectivity index (χ4n) is 3.78. The van der Waals surface area contributed by atoms with Crippen molar-refractivity contribution in [3.05, 3.63) is 29.3 Å². The Bertz CT molecular complexity index is 817. The van der Waals surface area contributed by atoms with Gasteiger partial charge in [-0.2, -0.15) is 0 Å². The number of hydrogen-bond donors (Lipinski definition) is 0. The van der Waals surface area contributed by atoms with Gasteiger partial charge in [0.05, 0.1) is 14.2 Å². The maximum absolute atomic E-state index is 12.8. The van der Waals surface area contributed by atoms with E-state index in [2.05, 4.69) is 16.9 Å². The summed E-state index contributed by atoms with van der Waals surface area (Å²) in [7, 11) is 7.25. The Morgan fingerprint density at radius 1 is 1.10 bits per heavy atom.